The van der Waals surface area contributed by atoms with Crippen LogP contribution in [0, 0.1) is 0 Å². The van der Waals surface area contributed by atoms with E-state index < -0.39 is 0 Å². The van der Waals surface area contributed by atoms with Crippen LogP contribution in [0.3, 0.4) is 0 Å². The molecule has 0 radical (unpaired) electrons. The van der Waals surface area contributed by atoms with E-state index in [0.29, 0.717) is 25.2 Å². The summed E-state index contributed by atoms with van der Waals surface area (Å²) in [6.07, 6.45) is 4.10. The summed E-state index contributed by atoms with van der Waals surface area (Å²) >= 11 is 1.49. The van der Waals surface area contributed by atoms with Crippen LogP contribution < -0.4 is 4.74 Å². The maximum atomic E-state index is 12.4. The number of hydrogen-bond donors (Lipinski definition) is 0. The fourth-order valence-corrected chi connectivity index (χ4v) is 2.92. The van der Waals surface area contributed by atoms with Gasteiger partial charge in [0, 0.05) is 24.9 Å². The quantitative estimate of drug-likeness (QED) is 0.696. The molecular weight excluding hydrogens is 308 g/mol. The van der Waals surface area contributed by atoms with Crippen LogP contribution >= 0.6 is 11.3 Å². The molecule has 0 aliphatic rings. The van der Waals surface area contributed by atoms with Crippen LogP contribution in [0.15, 0.2) is 55.0 Å². The van der Waals surface area contributed by atoms with Crippen LogP contribution in [-0.4, -0.2) is 36.0 Å². The van der Waals surface area contributed by atoms with Gasteiger partial charge in [0.1, 0.15) is 11.4 Å². The predicted molar refractivity (Wildman–Crippen MR) is 94.2 cm³/mol. The van der Waals surface area contributed by atoms with Crippen LogP contribution in [0.25, 0.3) is 0 Å². The van der Waals surface area contributed by atoms with Crippen LogP contribution in [0.1, 0.15) is 21.1 Å². The van der Waals surface area contributed by atoms with Gasteiger partial charge in [-0.15, -0.1) is 24.5 Å². The molecule has 1 aromatic carbocycles. The average molecular weight is 328 g/mol. The Bertz CT molecular complexity index is 667. The number of thiazole rings is 1. The summed E-state index contributed by atoms with van der Waals surface area (Å²) in [4.78, 5) is 18.6. The Morgan fingerprint density at radius 1 is 1.26 bits per heavy atom. The molecule has 0 aliphatic heterocycles. The van der Waals surface area contributed by atoms with Gasteiger partial charge >= 0.3 is 0 Å². The second-order valence-corrected chi connectivity index (χ2v) is 5.88. The molecule has 2 aromatic rings. The van der Waals surface area contributed by atoms with Gasteiger partial charge < -0.3 is 9.64 Å². The average Bonchev–Trinajstić information content (AvgIpc) is 3.03. The maximum Gasteiger partial charge on any atom is 0.273 e. The lowest BCUT2D eigenvalue weighted by atomic mass is 10.1. The van der Waals surface area contributed by atoms with Gasteiger partial charge in [-0.05, 0) is 17.7 Å². The van der Waals surface area contributed by atoms with Crippen molar-refractivity contribution in [2.75, 3.05) is 20.2 Å². The van der Waals surface area contributed by atoms with Crippen molar-refractivity contribution < 1.29 is 9.53 Å². The highest BCUT2D eigenvalue weighted by atomic mass is 32.1. The molecule has 0 atom stereocenters. The zero-order valence-corrected chi connectivity index (χ0v) is 14.0. The Balaban J connectivity index is 2.07. The lowest BCUT2D eigenvalue weighted by Gasteiger charge is -2.17. The van der Waals surface area contributed by atoms with Gasteiger partial charge in [0.2, 0.25) is 0 Å². The molecule has 1 aromatic heterocycles. The maximum absolute atomic E-state index is 12.4. The van der Waals surface area contributed by atoms with Gasteiger partial charge in [0.15, 0.2) is 0 Å². The molecule has 0 spiro atoms. The minimum Gasteiger partial charge on any atom is -0.497 e. The van der Waals surface area contributed by atoms with Crippen LogP contribution in [0.4, 0.5) is 0 Å². The summed E-state index contributed by atoms with van der Waals surface area (Å²) in [5, 5.41) is 2.72. The Kier molecular flexibility index (Phi) is 6.11. The van der Waals surface area contributed by atoms with Crippen molar-refractivity contribution >= 4 is 17.2 Å². The fourth-order valence-electron chi connectivity index (χ4n) is 2.12. The van der Waals surface area contributed by atoms with E-state index >= 15 is 0 Å². The molecule has 5 heteroatoms. The molecule has 0 saturated carbocycles. The SMILES string of the molecule is C=CCN(CC=C)C(=O)c1csc(Cc2ccc(OC)cc2)n1. The molecular formula is C18H20N2O2S. The van der Waals surface area contributed by atoms with Crippen molar-refractivity contribution in [1.29, 1.82) is 0 Å². The monoisotopic (exact) mass is 328 g/mol. The van der Waals surface area contributed by atoms with Crippen molar-refractivity contribution in [2.45, 2.75) is 6.42 Å². The van der Waals surface area contributed by atoms with E-state index in [0.717, 1.165) is 16.3 Å². The zero-order chi connectivity index (χ0) is 16.7. The first-order chi connectivity index (χ1) is 11.2. The molecule has 1 amide bonds. The lowest BCUT2D eigenvalue weighted by molar-refractivity contribution is 0.0785. The number of methoxy groups -OCH3 is 1. The van der Waals surface area contributed by atoms with E-state index in [4.69, 9.17) is 4.74 Å². The molecule has 0 bridgehead atoms. The number of benzene rings is 1. The highest BCUT2D eigenvalue weighted by molar-refractivity contribution is 7.09. The largest absolute Gasteiger partial charge is 0.497 e. The normalized spacial score (nSPS) is 10.1. The molecule has 0 unspecified atom stereocenters. The topological polar surface area (TPSA) is 42.4 Å². The third-order valence-electron chi connectivity index (χ3n) is 3.27. The second-order valence-electron chi connectivity index (χ2n) is 4.94. The summed E-state index contributed by atoms with van der Waals surface area (Å²) in [6, 6.07) is 7.85. The van der Waals surface area contributed by atoms with E-state index in [9.17, 15) is 4.79 Å². The highest BCUT2D eigenvalue weighted by Crippen LogP contribution is 2.18. The molecule has 2 rings (SSSR count). The molecule has 0 N–H and O–H groups in total. The van der Waals surface area contributed by atoms with E-state index in [2.05, 4.69) is 18.1 Å². The van der Waals surface area contributed by atoms with Gasteiger partial charge in [0.25, 0.3) is 5.91 Å². The third kappa shape index (κ3) is 4.53. The number of hydrogen-bond acceptors (Lipinski definition) is 4. The molecule has 120 valence electrons. The van der Waals surface area contributed by atoms with Gasteiger partial charge in [-0.2, -0.15) is 0 Å². The highest BCUT2D eigenvalue weighted by Gasteiger charge is 2.16. The fraction of sp³-hybridized carbons (Fsp3) is 0.222. The summed E-state index contributed by atoms with van der Waals surface area (Å²) in [5.41, 5.74) is 1.61. The molecule has 23 heavy (non-hydrogen) atoms. The van der Waals surface area contributed by atoms with Crippen molar-refractivity contribution in [3.05, 3.63) is 71.2 Å². The van der Waals surface area contributed by atoms with Gasteiger partial charge in [-0.1, -0.05) is 24.3 Å². The lowest BCUT2D eigenvalue weighted by Crippen LogP contribution is -2.31. The van der Waals surface area contributed by atoms with Crippen LogP contribution in [0.5, 0.6) is 5.75 Å². The standard InChI is InChI=1S/C18H20N2O2S/c1-4-10-20(11-5-2)18(21)16-13-23-17(19-16)12-14-6-8-15(22-3)9-7-14/h4-9,13H,1-2,10-12H2,3H3. The van der Waals surface area contributed by atoms with Crippen LogP contribution in [0.2, 0.25) is 0 Å². The number of amides is 1. The minimum absolute atomic E-state index is 0.0953. The van der Waals surface area contributed by atoms with Crippen molar-refractivity contribution in [2.24, 2.45) is 0 Å². The Morgan fingerprint density at radius 2 is 1.91 bits per heavy atom. The Labute approximate surface area is 140 Å². The van der Waals surface area contributed by atoms with E-state index in [-0.39, 0.29) is 5.91 Å². The third-order valence-corrected chi connectivity index (χ3v) is 4.12. The molecule has 1 heterocycles. The smallest absolute Gasteiger partial charge is 0.273 e. The molecule has 0 saturated heterocycles. The summed E-state index contributed by atoms with van der Waals surface area (Å²) in [5.74, 6) is 0.732. The Hall–Kier alpha value is -2.40. The number of aromatic nitrogens is 1. The number of carbonyl (C=O) groups excluding carboxylic acids is 1. The van der Waals surface area contributed by atoms with Crippen molar-refractivity contribution in [3.8, 4) is 5.75 Å². The second kappa shape index (κ2) is 8.29. The molecule has 0 aliphatic carbocycles. The van der Waals surface area contributed by atoms with E-state index in [1.165, 1.54) is 11.3 Å². The van der Waals surface area contributed by atoms with Crippen molar-refractivity contribution in [3.63, 3.8) is 0 Å². The summed E-state index contributed by atoms with van der Waals surface area (Å²) < 4.78 is 5.15. The number of carbonyl (C=O) groups is 1. The molecule has 0 fully saturated rings. The summed E-state index contributed by atoms with van der Waals surface area (Å²) in [6.45, 7) is 8.32. The first kappa shape index (κ1) is 17.0. The number of ether oxygens (including phenoxy) is 1. The predicted octanol–water partition coefficient (Wildman–Crippen LogP) is 3.56. The van der Waals surface area contributed by atoms with Crippen LogP contribution in [-0.2, 0) is 6.42 Å². The molecule has 4 nitrogen and oxygen atoms in total. The first-order valence-electron chi connectivity index (χ1n) is 7.26. The Morgan fingerprint density at radius 3 is 2.48 bits per heavy atom. The zero-order valence-electron chi connectivity index (χ0n) is 13.2. The van der Waals surface area contributed by atoms with Gasteiger partial charge in [-0.25, -0.2) is 4.98 Å². The first-order valence-corrected chi connectivity index (χ1v) is 8.14. The summed E-state index contributed by atoms with van der Waals surface area (Å²) in [7, 11) is 1.64. The van der Waals surface area contributed by atoms with E-state index in [1.54, 1.807) is 29.5 Å². The number of nitrogens with zero attached hydrogens (tertiary/aromatic N) is 2. The minimum atomic E-state index is -0.0953. The van der Waals surface area contributed by atoms with E-state index in [1.807, 2.05) is 24.3 Å². The van der Waals surface area contributed by atoms with Crippen molar-refractivity contribution in [1.82, 2.24) is 9.88 Å². The number of rotatable bonds is 8. The van der Waals surface area contributed by atoms with Gasteiger partial charge in [-0.3, -0.25) is 4.79 Å². The van der Waals surface area contributed by atoms with Gasteiger partial charge in [0.05, 0.1) is 12.1 Å².